The number of pyridine rings is 1. The van der Waals surface area contributed by atoms with E-state index in [1.165, 1.54) is 17.7 Å². The van der Waals surface area contributed by atoms with Gasteiger partial charge in [0.05, 0.1) is 17.4 Å². The molecule has 5 heteroatoms. The summed E-state index contributed by atoms with van der Waals surface area (Å²) in [5.41, 5.74) is 1.74. The minimum Gasteiger partial charge on any atom is -0.353 e. The van der Waals surface area contributed by atoms with Crippen LogP contribution in [0.3, 0.4) is 0 Å². The van der Waals surface area contributed by atoms with Crippen LogP contribution < -0.4 is 10.2 Å². The van der Waals surface area contributed by atoms with Gasteiger partial charge in [-0.3, -0.25) is 4.79 Å². The molecule has 2 aromatic carbocycles. The number of benzene rings is 2. The Kier molecular flexibility index (Phi) is 5.59. The second-order valence-electron chi connectivity index (χ2n) is 5.84. The first-order valence-corrected chi connectivity index (χ1v) is 8.48. The van der Waals surface area contributed by atoms with Gasteiger partial charge in [0.15, 0.2) is 0 Å². The molecule has 1 amide bonds. The van der Waals surface area contributed by atoms with E-state index in [9.17, 15) is 9.18 Å². The molecule has 26 heavy (non-hydrogen) atoms. The molecule has 0 saturated heterocycles. The highest BCUT2D eigenvalue weighted by molar-refractivity contribution is 6.04. The van der Waals surface area contributed by atoms with E-state index in [4.69, 9.17) is 0 Å². The van der Waals surface area contributed by atoms with Crippen molar-refractivity contribution < 1.29 is 9.18 Å². The molecule has 0 aliphatic heterocycles. The van der Waals surface area contributed by atoms with Gasteiger partial charge >= 0.3 is 0 Å². The molecule has 132 valence electrons. The summed E-state index contributed by atoms with van der Waals surface area (Å²) in [6.45, 7) is 3.63. The van der Waals surface area contributed by atoms with Crippen molar-refractivity contribution >= 4 is 17.4 Å². The molecule has 0 radical (unpaired) electrons. The van der Waals surface area contributed by atoms with E-state index in [1.807, 2.05) is 24.3 Å². The first-order valence-electron chi connectivity index (χ1n) is 8.48. The monoisotopic (exact) mass is 349 g/mol. The summed E-state index contributed by atoms with van der Waals surface area (Å²) in [6.07, 6.45) is 1.59. The first-order chi connectivity index (χ1) is 12.7. The van der Waals surface area contributed by atoms with Crippen LogP contribution in [0.5, 0.6) is 0 Å². The van der Waals surface area contributed by atoms with Crippen LogP contribution in [0.1, 0.15) is 22.8 Å². The highest BCUT2D eigenvalue weighted by Crippen LogP contribution is 2.18. The van der Waals surface area contributed by atoms with Crippen molar-refractivity contribution in [3.8, 4) is 0 Å². The Labute approximate surface area is 152 Å². The van der Waals surface area contributed by atoms with Gasteiger partial charge in [0.1, 0.15) is 11.6 Å². The second-order valence-corrected chi connectivity index (χ2v) is 5.84. The molecule has 3 rings (SSSR count). The third kappa shape index (κ3) is 4.25. The summed E-state index contributed by atoms with van der Waals surface area (Å²) >= 11 is 0. The van der Waals surface area contributed by atoms with Gasteiger partial charge in [-0.1, -0.05) is 42.5 Å². The fourth-order valence-electron chi connectivity index (χ4n) is 2.65. The lowest BCUT2D eigenvalue weighted by Crippen LogP contribution is -2.23. The van der Waals surface area contributed by atoms with E-state index < -0.39 is 11.7 Å². The minimum absolute atomic E-state index is 0.0100. The Morgan fingerprint density at radius 1 is 1.04 bits per heavy atom. The standard InChI is InChI=1S/C21H20FN3O/c1-2-25(15-16-8-4-3-5-9-16)20-13-12-17(14-23-20)24-21(26)18-10-6-7-11-19(18)22/h3-14H,2,15H2,1H3,(H,24,26). The number of nitrogens with zero attached hydrogens (tertiary/aromatic N) is 2. The molecule has 3 aromatic rings. The molecule has 0 atom stereocenters. The predicted octanol–water partition coefficient (Wildman–Crippen LogP) is 4.50. The lowest BCUT2D eigenvalue weighted by atomic mass is 10.2. The van der Waals surface area contributed by atoms with Crippen LogP contribution in [-0.4, -0.2) is 17.4 Å². The quantitative estimate of drug-likeness (QED) is 0.713. The maximum Gasteiger partial charge on any atom is 0.258 e. The summed E-state index contributed by atoms with van der Waals surface area (Å²) in [5, 5.41) is 2.67. The Balaban J connectivity index is 1.69. The van der Waals surface area contributed by atoms with E-state index >= 15 is 0 Å². The van der Waals surface area contributed by atoms with Crippen molar-refractivity contribution in [2.45, 2.75) is 13.5 Å². The number of amides is 1. The summed E-state index contributed by atoms with van der Waals surface area (Å²) in [6, 6.07) is 19.7. The van der Waals surface area contributed by atoms with Gasteiger partial charge in [0, 0.05) is 13.1 Å². The lowest BCUT2D eigenvalue weighted by molar-refractivity contribution is 0.102. The number of halogens is 1. The van der Waals surface area contributed by atoms with Crippen LogP contribution >= 0.6 is 0 Å². The Hall–Kier alpha value is -3.21. The number of nitrogens with one attached hydrogen (secondary N) is 1. The third-order valence-electron chi connectivity index (χ3n) is 4.05. The van der Waals surface area contributed by atoms with Gasteiger partial charge < -0.3 is 10.2 Å². The maximum atomic E-state index is 13.7. The predicted molar refractivity (Wildman–Crippen MR) is 102 cm³/mol. The Bertz CT molecular complexity index is 866. The van der Waals surface area contributed by atoms with Gasteiger partial charge in [0.25, 0.3) is 5.91 Å². The van der Waals surface area contributed by atoms with Crippen LogP contribution in [0, 0.1) is 5.82 Å². The van der Waals surface area contributed by atoms with Crippen LogP contribution in [0.2, 0.25) is 0 Å². The van der Waals surface area contributed by atoms with Crippen LogP contribution in [-0.2, 0) is 6.54 Å². The lowest BCUT2D eigenvalue weighted by Gasteiger charge is -2.22. The van der Waals surface area contributed by atoms with E-state index in [0.717, 1.165) is 18.9 Å². The number of hydrogen-bond donors (Lipinski definition) is 1. The highest BCUT2D eigenvalue weighted by Gasteiger charge is 2.12. The average Bonchev–Trinajstić information content (AvgIpc) is 2.68. The highest BCUT2D eigenvalue weighted by atomic mass is 19.1. The van der Waals surface area contributed by atoms with Crippen molar-refractivity contribution in [1.29, 1.82) is 0 Å². The summed E-state index contributed by atoms with van der Waals surface area (Å²) in [5.74, 6) is -0.218. The topological polar surface area (TPSA) is 45.2 Å². The summed E-state index contributed by atoms with van der Waals surface area (Å²) in [4.78, 5) is 18.7. The number of carbonyl (C=O) groups is 1. The number of rotatable bonds is 6. The van der Waals surface area contributed by atoms with E-state index in [0.29, 0.717) is 5.69 Å². The molecule has 1 N–H and O–H groups in total. The Morgan fingerprint density at radius 2 is 1.77 bits per heavy atom. The zero-order chi connectivity index (χ0) is 18.4. The van der Waals surface area contributed by atoms with Crippen molar-refractivity contribution in [1.82, 2.24) is 4.98 Å². The molecular formula is C21H20FN3O. The number of anilines is 2. The fourth-order valence-corrected chi connectivity index (χ4v) is 2.65. The SMILES string of the molecule is CCN(Cc1ccccc1)c1ccc(NC(=O)c2ccccc2F)cn1. The second kappa shape index (κ2) is 8.25. The Morgan fingerprint density at radius 3 is 2.42 bits per heavy atom. The van der Waals surface area contributed by atoms with Gasteiger partial charge in [-0.25, -0.2) is 9.37 Å². The number of hydrogen-bond acceptors (Lipinski definition) is 3. The van der Waals surface area contributed by atoms with Gasteiger partial charge in [-0.05, 0) is 36.8 Å². The largest absolute Gasteiger partial charge is 0.353 e. The minimum atomic E-state index is -0.547. The van der Waals surface area contributed by atoms with Crippen LogP contribution in [0.25, 0.3) is 0 Å². The van der Waals surface area contributed by atoms with Crippen molar-refractivity contribution in [3.05, 3.63) is 89.9 Å². The van der Waals surface area contributed by atoms with Crippen molar-refractivity contribution in [2.75, 3.05) is 16.8 Å². The fraction of sp³-hybridized carbons (Fsp3) is 0.143. The van der Waals surface area contributed by atoms with Gasteiger partial charge in [-0.15, -0.1) is 0 Å². The molecule has 1 aromatic heterocycles. The normalized spacial score (nSPS) is 10.4. The maximum absolute atomic E-state index is 13.7. The third-order valence-corrected chi connectivity index (χ3v) is 4.05. The molecule has 0 bridgehead atoms. The number of aromatic nitrogens is 1. The molecule has 1 heterocycles. The molecule has 0 aliphatic rings. The summed E-state index contributed by atoms with van der Waals surface area (Å²) in [7, 11) is 0. The van der Waals surface area contributed by atoms with Crippen molar-refractivity contribution in [3.63, 3.8) is 0 Å². The van der Waals surface area contributed by atoms with Crippen LogP contribution in [0.4, 0.5) is 15.9 Å². The molecule has 0 unspecified atom stereocenters. The van der Waals surface area contributed by atoms with E-state index in [2.05, 4.69) is 34.3 Å². The summed E-state index contributed by atoms with van der Waals surface area (Å²) < 4.78 is 13.7. The van der Waals surface area contributed by atoms with Gasteiger partial charge in [-0.2, -0.15) is 0 Å². The first kappa shape index (κ1) is 17.6. The molecular weight excluding hydrogens is 329 g/mol. The van der Waals surface area contributed by atoms with Crippen LogP contribution in [0.15, 0.2) is 72.9 Å². The molecule has 0 fully saturated rings. The molecule has 0 aliphatic carbocycles. The van der Waals surface area contributed by atoms with Gasteiger partial charge in [0.2, 0.25) is 0 Å². The molecule has 4 nitrogen and oxygen atoms in total. The smallest absolute Gasteiger partial charge is 0.258 e. The molecule has 0 spiro atoms. The zero-order valence-electron chi connectivity index (χ0n) is 14.5. The average molecular weight is 349 g/mol. The number of carbonyl (C=O) groups excluding carboxylic acids is 1. The zero-order valence-corrected chi connectivity index (χ0v) is 14.5. The van der Waals surface area contributed by atoms with Crippen molar-refractivity contribution in [2.24, 2.45) is 0 Å². The molecule has 0 saturated carbocycles. The van der Waals surface area contributed by atoms with E-state index in [-0.39, 0.29) is 5.56 Å². The van der Waals surface area contributed by atoms with E-state index in [1.54, 1.807) is 24.4 Å².